The number of amides is 1. The van der Waals surface area contributed by atoms with E-state index in [1.54, 1.807) is 26.1 Å². The average molecular weight is 236 g/mol. The molecule has 1 amide bonds. The number of anilines is 1. The van der Waals surface area contributed by atoms with E-state index in [1.165, 1.54) is 11.1 Å². The van der Waals surface area contributed by atoms with Crippen LogP contribution in [0.4, 0.5) is 5.69 Å². The SMILES string of the molecule is COc1cc(C)c(C)cc1NCC(=O)N(C)C. The van der Waals surface area contributed by atoms with E-state index in [-0.39, 0.29) is 12.5 Å². The molecule has 0 unspecified atom stereocenters. The molecular formula is C13H20N2O2. The lowest BCUT2D eigenvalue weighted by Crippen LogP contribution is -2.28. The van der Waals surface area contributed by atoms with Gasteiger partial charge in [-0.1, -0.05) is 0 Å². The molecule has 0 aliphatic carbocycles. The third-order valence-corrected chi connectivity index (χ3v) is 2.74. The molecular weight excluding hydrogens is 216 g/mol. The number of hydrogen-bond donors (Lipinski definition) is 1. The van der Waals surface area contributed by atoms with E-state index >= 15 is 0 Å². The molecule has 1 aromatic rings. The van der Waals surface area contributed by atoms with Crippen molar-refractivity contribution < 1.29 is 9.53 Å². The molecule has 0 spiro atoms. The van der Waals surface area contributed by atoms with E-state index in [0.29, 0.717) is 0 Å². The van der Waals surface area contributed by atoms with Crippen LogP contribution in [0.1, 0.15) is 11.1 Å². The predicted octanol–water partition coefficient (Wildman–Crippen LogP) is 1.81. The molecule has 1 N–H and O–H groups in total. The van der Waals surface area contributed by atoms with Crippen LogP contribution in [0.2, 0.25) is 0 Å². The molecule has 1 rings (SSSR count). The van der Waals surface area contributed by atoms with Crippen LogP contribution in [0.25, 0.3) is 0 Å². The molecule has 0 atom stereocenters. The first-order chi connectivity index (χ1) is 7.95. The molecule has 0 fully saturated rings. The Kier molecular flexibility index (Phi) is 4.37. The normalized spacial score (nSPS) is 9.94. The maximum atomic E-state index is 11.5. The van der Waals surface area contributed by atoms with Crippen molar-refractivity contribution >= 4 is 11.6 Å². The van der Waals surface area contributed by atoms with Crippen LogP contribution < -0.4 is 10.1 Å². The maximum absolute atomic E-state index is 11.5. The molecule has 0 saturated carbocycles. The van der Waals surface area contributed by atoms with Crippen molar-refractivity contribution in [2.45, 2.75) is 13.8 Å². The molecule has 0 aliphatic heterocycles. The van der Waals surface area contributed by atoms with Gasteiger partial charge in [-0.2, -0.15) is 0 Å². The van der Waals surface area contributed by atoms with E-state index in [1.807, 2.05) is 26.0 Å². The van der Waals surface area contributed by atoms with Gasteiger partial charge >= 0.3 is 0 Å². The molecule has 4 nitrogen and oxygen atoms in total. The molecule has 1 aromatic carbocycles. The fourth-order valence-corrected chi connectivity index (χ4v) is 1.43. The van der Waals surface area contributed by atoms with Gasteiger partial charge in [-0.15, -0.1) is 0 Å². The topological polar surface area (TPSA) is 41.6 Å². The van der Waals surface area contributed by atoms with Gasteiger partial charge in [0.1, 0.15) is 5.75 Å². The van der Waals surface area contributed by atoms with Gasteiger partial charge in [0, 0.05) is 14.1 Å². The quantitative estimate of drug-likeness (QED) is 0.867. The van der Waals surface area contributed by atoms with E-state index in [9.17, 15) is 4.79 Å². The lowest BCUT2D eigenvalue weighted by Gasteiger charge is -2.15. The summed E-state index contributed by atoms with van der Waals surface area (Å²) in [7, 11) is 5.10. The minimum Gasteiger partial charge on any atom is -0.495 e. The van der Waals surface area contributed by atoms with Gasteiger partial charge in [0.05, 0.1) is 19.3 Å². The maximum Gasteiger partial charge on any atom is 0.241 e. The molecule has 0 saturated heterocycles. The summed E-state index contributed by atoms with van der Waals surface area (Å²) in [6.07, 6.45) is 0. The second-order valence-electron chi connectivity index (χ2n) is 4.28. The van der Waals surface area contributed by atoms with Gasteiger partial charge in [0.25, 0.3) is 0 Å². The molecule has 0 aromatic heterocycles. The minimum absolute atomic E-state index is 0.0327. The highest BCUT2D eigenvalue weighted by Gasteiger charge is 2.08. The fraction of sp³-hybridized carbons (Fsp3) is 0.462. The third kappa shape index (κ3) is 3.37. The minimum atomic E-state index is 0.0327. The second kappa shape index (κ2) is 5.57. The first-order valence-electron chi connectivity index (χ1n) is 5.55. The highest BCUT2D eigenvalue weighted by atomic mass is 16.5. The number of nitrogens with zero attached hydrogens (tertiary/aromatic N) is 1. The third-order valence-electron chi connectivity index (χ3n) is 2.74. The van der Waals surface area contributed by atoms with Crippen molar-refractivity contribution in [1.82, 2.24) is 4.90 Å². The van der Waals surface area contributed by atoms with Crippen LogP contribution in [-0.4, -0.2) is 38.6 Å². The Bertz CT molecular complexity index is 414. The largest absolute Gasteiger partial charge is 0.495 e. The van der Waals surface area contributed by atoms with E-state index < -0.39 is 0 Å². The summed E-state index contributed by atoms with van der Waals surface area (Å²) in [6.45, 7) is 4.34. The van der Waals surface area contributed by atoms with E-state index in [4.69, 9.17) is 4.74 Å². The smallest absolute Gasteiger partial charge is 0.241 e. The molecule has 94 valence electrons. The molecule has 0 radical (unpaired) electrons. The molecule has 4 heteroatoms. The number of aryl methyl sites for hydroxylation is 2. The summed E-state index contributed by atoms with van der Waals surface area (Å²) in [6, 6.07) is 3.97. The van der Waals surface area contributed by atoms with Gasteiger partial charge < -0.3 is 15.0 Å². The van der Waals surface area contributed by atoms with E-state index in [0.717, 1.165) is 11.4 Å². The van der Waals surface area contributed by atoms with Crippen molar-refractivity contribution in [2.75, 3.05) is 33.1 Å². The van der Waals surface area contributed by atoms with Crippen molar-refractivity contribution in [3.8, 4) is 5.75 Å². The van der Waals surface area contributed by atoms with Gasteiger partial charge in [-0.25, -0.2) is 0 Å². The van der Waals surface area contributed by atoms with Crippen LogP contribution in [0, 0.1) is 13.8 Å². The summed E-state index contributed by atoms with van der Waals surface area (Å²) >= 11 is 0. The molecule has 0 bridgehead atoms. The Morgan fingerprint density at radius 1 is 1.29 bits per heavy atom. The average Bonchev–Trinajstić information content (AvgIpc) is 2.29. The zero-order valence-electron chi connectivity index (χ0n) is 11.1. The highest BCUT2D eigenvalue weighted by Crippen LogP contribution is 2.27. The second-order valence-corrected chi connectivity index (χ2v) is 4.28. The lowest BCUT2D eigenvalue weighted by molar-refractivity contribution is -0.126. The Hall–Kier alpha value is -1.71. The Morgan fingerprint density at radius 3 is 2.41 bits per heavy atom. The number of methoxy groups -OCH3 is 1. The van der Waals surface area contributed by atoms with Crippen molar-refractivity contribution in [1.29, 1.82) is 0 Å². The van der Waals surface area contributed by atoms with Crippen LogP contribution in [0.5, 0.6) is 5.75 Å². The van der Waals surface area contributed by atoms with Gasteiger partial charge in [0.2, 0.25) is 5.91 Å². The number of carbonyl (C=O) groups excluding carboxylic acids is 1. The molecule has 0 aliphatic rings. The predicted molar refractivity (Wildman–Crippen MR) is 69.7 cm³/mol. The Morgan fingerprint density at radius 2 is 1.88 bits per heavy atom. The highest BCUT2D eigenvalue weighted by molar-refractivity contribution is 5.81. The number of likely N-dealkylation sites (N-methyl/N-ethyl adjacent to an activating group) is 1. The number of ether oxygens (including phenoxy) is 1. The van der Waals surface area contributed by atoms with Crippen molar-refractivity contribution in [3.05, 3.63) is 23.3 Å². The van der Waals surface area contributed by atoms with Gasteiger partial charge in [0.15, 0.2) is 0 Å². The summed E-state index contributed by atoms with van der Waals surface area (Å²) in [5.74, 6) is 0.796. The number of carbonyl (C=O) groups is 1. The van der Waals surface area contributed by atoms with Crippen LogP contribution in [-0.2, 0) is 4.79 Å². The number of nitrogens with one attached hydrogen (secondary N) is 1. The van der Waals surface area contributed by atoms with Crippen LogP contribution in [0.15, 0.2) is 12.1 Å². The lowest BCUT2D eigenvalue weighted by atomic mass is 10.1. The summed E-state index contributed by atoms with van der Waals surface area (Å²) in [5.41, 5.74) is 3.20. The summed E-state index contributed by atoms with van der Waals surface area (Å²) < 4.78 is 5.29. The van der Waals surface area contributed by atoms with Crippen LogP contribution >= 0.6 is 0 Å². The zero-order chi connectivity index (χ0) is 13.0. The number of benzene rings is 1. The Labute approximate surface area is 103 Å². The first-order valence-corrected chi connectivity index (χ1v) is 5.55. The van der Waals surface area contributed by atoms with Crippen molar-refractivity contribution in [3.63, 3.8) is 0 Å². The van der Waals surface area contributed by atoms with E-state index in [2.05, 4.69) is 5.32 Å². The van der Waals surface area contributed by atoms with Crippen LogP contribution in [0.3, 0.4) is 0 Å². The summed E-state index contributed by atoms with van der Waals surface area (Å²) in [4.78, 5) is 13.0. The monoisotopic (exact) mass is 236 g/mol. The first kappa shape index (κ1) is 13.4. The van der Waals surface area contributed by atoms with Crippen molar-refractivity contribution in [2.24, 2.45) is 0 Å². The molecule has 0 heterocycles. The standard InChI is InChI=1S/C13H20N2O2/c1-9-6-11(12(17-5)7-10(9)2)14-8-13(16)15(3)4/h6-7,14H,8H2,1-5H3. The Balaban J connectivity index is 2.83. The number of hydrogen-bond acceptors (Lipinski definition) is 3. The molecule has 17 heavy (non-hydrogen) atoms. The zero-order valence-corrected chi connectivity index (χ0v) is 11.1. The summed E-state index contributed by atoms with van der Waals surface area (Å²) in [5, 5.41) is 3.10. The van der Waals surface area contributed by atoms with Gasteiger partial charge in [-0.05, 0) is 37.1 Å². The number of rotatable bonds is 4. The van der Waals surface area contributed by atoms with Gasteiger partial charge in [-0.3, -0.25) is 4.79 Å². The fourth-order valence-electron chi connectivity index (χ4n) is 1.43.